The fourth-order valence-corrected chi connectivity index (χ4v) is 3.14. The highest BCUT2D eigenvalue weighted by Crippen LogP contribution is 2.25. The lowest BCUT2D eigenvalue weighted by molar-refractivity contribution is -0.144. The molecule has 0 bridgehead atoms. The van der Waals surface area contributed by atoms with E-state index in [0.29, 0.717) is 13.0 Å². The van der Waals surface area contributed by atoms with Crippen LogP contribution in [0.25, 0.3) is 0 Å². The van der Waals surface area contributed by atoms with E-state index in [2.05, 4.69) is 0 Å². The fourth-order valence-electron chi connectivity index (χ4n) is 1.92. The van der Waals surface area contributed by atoms with Crippen molar-refractivity contribution in [1.29, 1.82) is 0 Å². The SMILES string of the molecule is CCCCOC(=O)C(SCCCCCCC(F)(F)F)C(C)C. The van der Waals surface area contributed by atoms with E-state index in [1.165, 1.54) is 0 Å². The van der Waals surface area contributed by atoms with Gasteiger partial charge in [-0.25, -0.2) is 0 Å². The highest BCUT2D eigenvalue weighted by molar-refractivity contribution is 8.00. The first-order chi connectivity index (χ1) is 10.3. The maximum Gasteiger partial charge on any atom is 0.389 e. The molecule has 0 saturated carbocycles. The summed E-state index contributed by atoms with van der Waals surface area (Å²) in [6, 6.07) is 0. The van der Waals surface area contributed by atoms with Crippen LogP contribution in [0.3, 0.4) is 0 Å². The molecule has 22 heavy (non-hydrogen) atoms. The molecule has 0 aliphatic carbocycles. The molecule has 0 radical (unpaired) electrons. The van der Waals surface area contributed by atoms with E-state index in [1.807, 2.05) is 20.8 Å². The minimum Gasteiger partial charge on any atom is -0.465 e. The summed E-state index contributed by atoms with van der Waals surface area (Å²) in [5.74, 6) is 0.826. The van der Waals surface area contributed by atoms with Crippen molar-refractivity contribution < 1.29 is 22.7 Å². The predicted octanol–water partition coefficient (Wildman–Crippen LogP) is 5.60. The number of halogens is 3. The smallest absolute Gasteiger partial charge is 0.389 e. The molecule has 1 unspecified atom stereocenters. The first-order valence-electron chi connectivity index (χ1n) is 8.13. The summed E-state index contributed by atoms with van der Waals surface area (Å²) < 4.78 is 41.2. The van der Waals surface area contributed by atoms with Crippen molar-refractivity contribution in [2.24, 2.45) is 5.92 Å². The number of esters is 1. The number of carbonyl (C=O) groups excluding carboxylic acids is 1. The monoisotopic (exact) mass is 342 g/mol. The fraction of sp³-hybridized carbons (Fsp3) is 0.938. The van der Waals surface area contributed by atoms with Crippen molar-refractivity contribution >= 4 is 17.7 Å². The Morgan fingerprint density at radius 3 is 2.27 bits per heavy atom. The lowest BCUT2D eigenvalue weighted by Gasteiger charge is -2.19. The van der Waals surface area contributed by atoms with Crippen LogP contribution < -0.4 is 0 Å². The van der Waals surface area contributed by atoms with Crippen LogP contribution in [0.5, 0.6) is 0 Å². The van der Waals surface area contributed by atoms with Gasteiger partial charge in [-0.2, -0.15) is 13.2 Å². The molecule has 0 N–H and O–H groups in total. The Kier molecular flexibility index (Phi) is 11.9. The molecule has 0 saturated heterocycles. The van der Waals surface area contributed by atoms with Gasteiger partial charge in [0.1, 0.15) is 5.25 Å². The number of unbranched alkanes of at least 4 members (excludes halogenated alkanes) is 4. The number of ether oxygens (including phenoxy) is 1. The number of thioether (sulfide) groups is 1. The average molecular weight is 342 g/mol. The number of alkyl halides is 3. The molecule has 2 nitrogen and oxygen atoms in total. The largest absolute Gasteiger partial charge is 0.465 e. The maximum absolute atomic E-state index is 12.0. The van der Waals surface area contributed by atoms with Crippen molar-refractivity contribution in [3.05, 3.63) is 0 Å². The zero-order valence-corrected chi connectivity index (χ0v) is 14.7. The van der Waals surface area contributed by atoms with Gasteiger partial charge >= 0.3 is 12.1 Å². The number of rotatable bonds is 12. The quantitative estimate of drug-likeness (QED) is 0.341. The van der Waals surface area contributed by atoms with Crippen LogP contribution >= 0.6 is 11.8 Å². The Labute approximate surface area is 136 Å². The Hall–Kier alpha value is -0.390. The first kappa shape index (κ1) is 21.6. The average Bonchev–Trinajstić information content (AvgIpc) is 2.40. The van der Waals surface area contributed by atoms with E-state index in [4.69, 9.17) is 4.74 Å². The number of hydrogen-bond acceptors (Lipinski definition) is 3. The highest BCUT2D eigenvalue weighted by atomic mass is 32.2. The van der Waals surface area contributed by atoms with Gasteiger partial charge in [0.2, 0.25) is 0 Å². The third-order valence-corrected chi connectivity index (χ3v) is 4.85. The summed E-state index contributed by atoms with van der Waals surface area (Å²) in [7, 11) is 0. The zero-order valence-electron chi connectivity index (χ0n) is 13.9. The van der Waals surface area contributed by atoms with Gasteiger partial charge in [-0.3, -0.25) is 4.79 Å². The summed E-state index contributed by atoms with van der Waals surface area (Å²) in [6.07, 6.45) is -0.468. The minimum atomic E-state index is -4.04. The standard InChI is InChI=1S/C16H29F3O2S/c1-4-5-11-21-15(20)14(13(2)3)22-12-9-7-6-8-10-16(17,18)19/h13-14H,4-12H2,1-3H3. The zero-order chi connectivity index (χ0) is 17.0. The molecule has 0 rings (SSSR count). The van der Waals surface area contributed by atoms with E-state index in [1.54, 1.807) is 11.8 Å². The molecule has 0 heterocycles. The minimum absolute atomic E-state index is 0.162. The molecule has 6 heteroatoms. The van der Waals surface area contributed by atoms with E-state index < -0.39 is 12.6 Å². The normalized spacial score (nSPS) is 13.4. The number of hydrogen-bond donors (Lipinski definition) is 0. The van der Waals surface area contributed by atoms with Gasteiger partial charge in [-0.15, -0.1) is 11.8 Å². The van der Waals surface area contributed by atoms with Crippen LogP contribution in [-0.4, -0.2) is 29.8 Å². The molecule has 0 amide bonds. The molecule has 0 spiro atoms. The lowest BCUT2D eigenvalue weighted by Crippen LogP contribution is -2.26. The second-order valence-corrected chi connectivity index (χ2v) is 7.09. The molecule has 0 aromatic carbocycles. The molecule has 0 aromatic heterocycles. The van der Waals surface area contributed by atoms with Crippen molar-refractivity contribution in [2.75, 3.05) is 12.4 Å². The highest BCUT2D eigenvalue weighted by Gasteiger charge is 2.26. The predicted molar refractivity (Wildman–Crippen MR) is 86.1 cm³/mol. The van der Waals surface area contributed by atoms with Gasteiger partial charge < -0.3 is 4.74 Å². The van der Waals surface area contributed by atoms with Crippen LogP contribution in [0.15, 0.2) is 0 Å². The van der Waals surface area contributed by atoms with Crippen LogP contribution in [0.1, 0.15) is 65.7 Å². The first-order valence-corrected chi connectivity index (χ1v) is 9.17. The van der Waals surface area contributed by atoms with Crippen LogP contribution in [0.2, 0.25) is 0 Å². The number of carbonyl (C=O) groups is 1. The Morgan fingerprint density at radius 1 is 1.09 bits per heavy atom. The summed E-state index contributed by atoms with van der Waals surface area (Å²) in [6.45, 7) is 6.49. The molecular formula is C16H29F3O2S. The second-order valence-electron chi connectivity index (χ2n) is 5.84. The molecular weight excluding hydrogens is 313 g/mol. The van der Waals surface area contributed by atoms with Gasteiger partial charge in [0.05, 0.1) is 6.61 Å². The maximum atomic E-state index is 12.0. The van der Waals surface area contributed by atoms with E-state index >= 15 is 0 Å². The Balaban J connectivity index is 3.80. The van der Waals surface area contributed by atoms with E-state index in [-0.39, 0.29) is 23.6 Å². The van der Waals surface area contributed by atoms with Gasteiger partial charge in [0, 0.05) is 6.42 Å². The molecule has 1 atom stereocenters. The lowest BCUT2D eigenvalue weighted by atomic mass is 10.1. The van der Waals surface area contributed by atoms with Gasteiger partial charge in [-0.05, 0) is 30.9 Å². The summed E-state index contributed by atoms with van der Waals surface area (Å²) in [4.78, 5) is 12.0. The van der Waals surface area contributed by atoms with Crippen LogP contribution in [0, 0.1) is 5.92 Å². The molecule has 0 aromatic rings. The third-order valence-electron chi connectivity index (χ3n) is 3.23. The molecule has 0 fully saturated rings. The van der Waals surface area contributed by atoms with E-state index in [0.717, 1.165) is 31.4 Å². The van der Waals surface area contributed by atoms with Crippen molar-refractivity contribution in [2.45, 2.75) is 77.1 Å². The van der Waals surface area contributed by atoms with Gasteiger partial charge in [0.15, 0.2) is 0 Å². The van der Waals surface area contributed by atoms with Crippen molar-refractivity contribution in [3.63, 3.8) is 0 Å². The van der Waals surface area contributed by atoms with E-state index in [9.17, 15) is 18.0 Å². The molecule has 0 aliphatic heterocycles. The molecule has 132 valence electrons. The van der Waals surface area contributed by atoms with Crippen molar-refractivity contribution in [3.8, 4) is 0 Å². The van der Waals surface area contributed by atoms with Gasteiger partial charge in [0.25, 0.3) is 0 Å². The third kappa shape index (κ3) is 12.2. The summed E-state index contributed by atoms with van der Waals surface area (Å²) in [5, 5.41) is -0.174. The second kappa shape index (κ2) is 12.1. The summed E-state index contributed by atoms with van der Waals surface area (Å²) in [5.41, 5.74) is 0. The topological polar surface area (TPSA) is 26.3 Å². The Morgan fingerprint density at radius 2 is 1.73 bits per heavy atom. The Bertz CT molecular complexity index is 294. The summed E-state index contributed by atoms with van der Waals surface area (Å²) >= 11 is 1.56. The molecule has 0 aliphatic rings. The van der Waals surface area contributed by atoms with Crippen LogP contribution in [0.4, 0.5) is 13.2 Å². The van der Waals surface area contributed by atoms with Gasteiger partial charge in [-0.1, -0.05) is 40.0 Å². The van der Waals surface area contributed by atoms with Crippen molar-refractivity contribution in [1.82, 2.24) is 0 Å². The van der Waals surface area contributed by atoms with Crippen LogP contribution in [-0.2, 0) is 9.53 Å².